The molecule has 0 bridgehead atoms. The molecule has 3 nitrogen and oxygen atoms in total. The molecule has 4 rings (SSSR count). The average molecular weight is 367 g/mol. The standard InChI is InChI=1S/C20H18N2OS2/c21-14-7-1-4-10-17(14)24-13-20(23)22-15-8-2-5-11-18(15)25-19-12-6-3-9-16(19)22/h1-12,15,18H,13,21H2/t15-,18+/m1/s1. The Balaban J connectivity index is 1.60. The van der Waals surface area contributed by atoms with Crippen molar-refractivity contribution >= 4 is 40.8 Å². The molecule has 0 aromatic heterocycles. The number of fused-ring (bicyclic) bond motifs is 2. The molecule has 2 aromatic rings. The van der Waals surface area contributed by atoms with Gasteiger partial charge in [-0.15, -0.1) is 23.5 Å². The van der Waals surface area contributed by atoms with Crippen LogP contribution in [0.25, 0.3) is 0 Å². The number of allylic oxidation sites excluding steroid dienone is 2. The van der Waals surface area contributed by atoms with E-state index in [0.717, 1.165) is 15.5 Å². The number of benzene rings is 2. The van der Waals surface area contributed by atoms with Crippen LogP contribution in [0.15, 0.2) is 82.6 Å². The molecule has 2 aromatic carbocycles. The van der Waals surface area contributed by atoms with Gasteiger partial charge in [-0.1, -0.05) is 48.6 Å². The van der Waals surface area contributed by atoms with Gasteiger partial charge in [0.1, 0.15) is 0 Å². The van der Waals surface area contributed by atoms with Crippen molar-refractivity contribution in [1.82, 2.24) is 0 Å². The maximum atomic E-state index is 13.1. The molecular weight excluding hydrogens is 348 g/mol. The van der Waals surface area contributed by atoms with Crippen molar-refractivity contribution in [2.75, 3.05) is 16.4 Å². The molecule has 0 saturated heterocycles. The average Bonchev–Trinajstić information content (AvgIpc) is 2.65. The van der Waals surface area contributed by atoms with Crippen LogP contribution in [0.3, 0.4) is 0 Å². The van der Waals surface area contributed by atoms with Crippen molar-refractivity contribution in [2.24, 2.45) is 0 Å². The van der Waals surface area contributed by atoms with Crippen molar-refractivity contribution in [3.8, 4) is 0 Å². The monoisotopic (exact) mass is 366 g/mol. The first-order valence-corrected chi connectivity index (χ1v) is 10.0. The lowest BCUT2D eigenvalue weighted by atomic mass is 10.0. The van der Waals surface area contributed by atoms with Gasteiger partial charge < -0.3 is 10.6 Å². The maximum Gasteiger partial charge on any atom is 0.237 e. The Kier molecular flexibility index (Phi) is 4.59. The van der Waals surface area contributed by atoms with Crippen molar-refractivity contribution in [2.45, 2.75) is 21.1 Å². The summed E-state index contributed by atoms with van der Waals surface area (Å²) in [6.45, 7) is 0. The quantitative estimate of drug-likeness (QED) is 0.647. The van der Waals surface area contributed by atoms with E-state index in [2.05, 4.69) is 24.3 Å². The number of carbonyl (C=O) groups excluding carboxylic acids is 1. The zero-order valence-corrected chi connectivity index (χ0v) is 15.2. The number of hydrogen-bond donors (Lipinski definition) is 1. The summed E-state index contributed by atoms with van der Waals surface area (Å²) in [7, 11) is 0. The third kappa shape index (κ3) is 3.22. The lowest BCUT2D eigenvalue weighted by molar-refractivity contribution is -0.116. The summed E-state index contributed by atoms with van der Waals surface area (Å²) in [4.78, 5) is 17.1. The number of para-hydroxylation sites is 2. The molecule has 1 amide bonds. The van der Waals surface area contributed by atoms with E-state index in [1.165, 1.54) is 11.8 Å². The summed E-state index contributed by atoms with van der Waals surface area (Å²) in [5, 5.41) is 0.260. The van der Waals surface area contributed by atoms with Crippen LogP contribution in [0.1, 0.15) is 0 Å². The van der Waals surface area contributed by atoms with Crippen molar-refractivity contribution in [3.05, 3.63) is 72.8 Å². The van der Waals surface area contributed by atoms with E-state index < -0.39 is 0 Å². The highest BCUT2D eigenvalue weighted by molar-refractivity contribution is 8.00. The molecule has 2 aliphatic rings. The third-order valence-electron chi connectivity index (χ3n) is 4.28. The zero-order chi connectivity index (χ0) is 17.2. The number of nitrogens with zero attached hydrogens (tertiary/aromatic N) is 1. The molecule has 0 spiro atoms. The van der Waals surface area contributed by atoms with Crippen molar-refractivity contribution in [3.63, 3.8) is 0 Å². The number of amides is 1. The molecule has 1 aliphatic carbocycles. The normalized spacial score (nSPS) is 20.9. The first-order chi connectivity index (χ1) is 12.2. The van der Waals surface area contributed by atoms with Crippen molar-refractivity contribution < 1.29 is 4.79 Å². The summed E-state index contributed by atoms with van der Waals surface area (Å²) >= 11 is 3.32. The largest absolute Gasteiger partial charge is 0.398 e. The minimum atomic E-state index is 0.0612. The molecule has 5 heteroatoms. The molecule has 0 radical (unpaired) electrons. The maximum absolute atomic E-state index is 13.1. The highest BCUT2D eigenvalue weighted by Gasteiger charge is 2.36. The van der Waals surface area contributed by atoms with Gasteiger partial charge in [-0.2, -0.15) is 0 Å². The number of carbonyl (C=O) groups is 1. The second kappa shape index (κ2) is 7.02. The highest BCUT2D eigenvalue weighted by atomic mass is 32.2. The zero-order valence-electron chi connectivity index (χ0n) is 13.5. The molecule has 2 atom stereocenters. The van der Waals surface area contributed by atoms with Crippen molar-refractivity contribution in [1.29, 1.82) is 0 Å². The Bertz CT molecular complexity index is 862. The predicted molar refractivity (Wildman–Crippen MR) is 107 cm³/mol. The second-order valence-electron chi connectivity index (χ2n) is 5.90. The molecule has 0 fully saturated rings. The van der Waals surface area contributed by atoms with Gasteiger partial charge in [-0.05, 0) is 24.3 Å². The first kappa shape index (κ1) is 16.4. The number of thioether (sulfide) groups is 2. The fourth-order valence-corrected chi connectivity index (χ4v) is 5.19. The molecule has 0 unspecified atom stereocenters. The minimum absolute atomic E-state index is 0.0612. The van der Waals surface area contributed by atoms with E-state index in [4.69, 9.17) is 5.73 Å². The number of rotatable bonds is 3. The number of hydrogen-bond acceptors (Lipinski definition) is 4. The third-order valence-corrected chi connectivity index (χ3v) is 6.66. The van der Waals surface area contributed by atoms with Crippen LogP contribution in [0.5, 0.6) is 0 Å². The van der Waals surface area contributed by atoms with Crippen LogP contribution in [-0.2, 0) is 4.79 Å². The second-order valence-corrected chi connectivity index (χ2v) is 8.14. The smallest absolute Gasteiger partial charge is 0.237 e. The summed E-state index contributed by atoms with van der Waals surface area (Å²) in [6.07, 6.45) is 8.38. The number of nitrogens with two attached hydrogens (primary N) is 1. The van der Waals surface area contributed by atoms with Gasteiger partial charge in [0.2, 0.25) is 5.91 Å². The molecule has 1 aliphatic heterocycles. The number of anilines is 2. The fraction of sp³-hybridized carbons (Fsp3) is 0.150. The Morgan fingerprint density at radius 3 is 2.72 bits per heavy atom. The van der Waals surface area contributed by atoms with Crippen LogP contribution in [0, 0.1) is 0 Å². The topological polar surface area (TPSA) is 46.3 Å². The van der Waals surface area contributed by atoms with E-state index in [1.54, 1.807) is 0 Å². The van der Waals surface area contributed by atoms with Crippen LogP contribution < -0.4 is 10.6 Å². The summed E-state index contributed by atoms with van der Waals surface area (Å²) in [5.74, 6) is 0.476. The molecule has 126 valence electrons. The van der Waals surface area contributed by atoms with E-state index in [-0.39, 0.29) is 17.2 Å². The molecular formula is C20H18N2OS2. The van der Waals surface area contributed by atoms with Crippen LogP contribution in [0.2, 0.25) is 0 Å². The van der Waals surface area contributed by atoms with Gasteiger partial charge in [0.15, 0.2) is 0 Å². The Hall–Kier alpha value is -2.11. The minimum Gasteiger partial charge on any atom is -0.398 e. The predicted octanol–water partition coefficient (Wildman–Crippen LogP) is 4.36. The van der Waals surface area contributed by atoms with Gasteiger partial charge in [0, 0.05) is 15.5 Å². The van der Waals surface area contributed by atoms with E-state index in [9.17, 15) is 4.79 Å². The molecule has 2 N–H and O–H groups in total. The first-order valence-electron chi connectivity index (χ1n) is 8.14. The lowest BCUT2D eigenvalue weighted by Crippen LogP contribution is -2.48. The van der Waals surface area contributed by atoms with Crippen LogP contribution >= 0.6 is 23.5 Å². The van der Waals surface area contributed by atoms with Crippen LogP contribution in [0.4, 0.5) is 11.4 Å². The van der Waals surface area contributed by atoms with E-state index in [0.29, 0.717) is 11.4 Å². The Labute approximate surface area is 156 Å². The van der Waals surface area contributed by atoms with E-state index in [1.807, 2.05) is 65.2 Å². The Morgan fingerprint density at radius 2 is 1.84 bits per heavy atom. The fourth-order valence-electron chi connectivity index (χ4n) is 3.10. The SMILES string of the molecule is Nc1ccccc1SCC(=O)N1c2ccccc2S[C@H]2C=CC=C[C@H]21. The van der Waals surface area contributed by atoms with Crippen LogP contribution in [-0.4, -0.2) is 23.0 Å². The molecule has 1 heterocycles. The van der Waals surface area contributed by atoms with Gasteiger partial charge in [0.25, 0.3) is 0 Å². The molecule has 25 heavy (non-hydrogen) atoms. The molecule has 0 saturated carbocycles. The van der Waals surface area contributed by atoms with Gasteiger partial charge in [-0.25, -0.2) is 0 Å². The summed E-state index contributed by atoms with van der Waals surface area (Å²) in [5.41, 5.74) is 7.71. The summed E-state index contributed by atoms with van der Waals surface area (Å²) in [6, 6.07) is 15.9. The number of nitrogen functional groups attached to an aromatic ring is 1. The Morgan fingerprint density at radius 1 is 1.08 bits per heavy atom. The van der Waals surface area contributed by atoms with Gasteiger partial charge >= 0.3 is 0 Å². The van der Waals surface area contributed by atoms with Gasteiger partial charge in [0.05, 0.1) is 22.7 Å². The highest BCUT2D eigenvalue weighted by Crippen LogP contribution is 2.43. The lowest BCUT2D eigenvalue weighted by Gasteiger charge is -2.40. The summed E-state index contributed by atoms with van der Waals surface area (Å²) < 4.78 is 0. The van der Waals surface area contributed by atoms with Gasteiger partial charge in [-0.3, -0.25) is 4.79 Å². The van der Waals surface area contributed by atoms with E-state index >= 15 is 0 Å².